The maximum absolute atomic E-state index is 11.3. The predicted molar refractivity (Wildman–Crippen MR) is 71.8 cm³/mol. The van der Waals surface area contributed by atoms with Gasteiger partial charge in [0.2, 0.25) is 15.9 Å². The van der Waals surface area contributed by atoms with Gasteiger partial charge >= 0.3 is 0 Å². The number of carbonyl (C=O) groups excluding carboxylic acids is 1. The molecule has 1 atom stereocenters. The molecule has 0 aliphatic heterocycles. The van der Waals surface area contributed by atoms with E-state index in [1.807, 2.05) is 6.92 Å². The summed E-state index contributed by atoms with van der Waals surface area (Å²) in [7, 11) is -3.33. The zero-order valence-corrected chi connectivity index (χ0v) is 11.5. The molecule has 1 aromatic rings. The highest BCUT2D eigenvalue weighted by Crippen LogP contribution is 2.23. The molecular formula is C12H18N2O3S. The van der Waals surface area contributed by atoms with Crippen molar-refractivity contribution in [2.45, 2.75) is 26.3 Å². The van der Waals surface area contributed by atoms with Gasteiger partial charge < -0.3 is 5.32 Å². The monoisotopic (exact) mass is 270 g/mol. The highest BCUT2D eigenvalue weighted by atomic mass is 32.2. The summed E-state index contributed by atoms with van der Waals surface area (Å²) in [6.45, 7) is 3.58. The van der Waals surface area contributed by atoms with Crippen LogP contribution < -0.4 is 10.0 Å². The van der Waals surface area contributed by atoms with Crippen molar-refractivity contribution in [2.75, 3.05) is 11.0 Å². The molecule has 1 rings (SSSR count). The van der Waals surface area contributed by atoms with E-state index in [4.69, 9.17) is 0 Å². The Morgan fingerprint density at radius 2 is 1.94 bits per heavy atom. The quantitative estimate of drug-likeness (QED) is 0.854. The Labute approximate surface area is 108 Å². The minimum absolute atomic E-state index is 0.0725. The first-order chi connectivity index (χ1) is 8.33. The van der Waals surface area contributed by atoms with Crippen LogP contribution in [-0.4, -0.2) is 20.6 Å². The molecule has 0 radical (unpaired) electrons. The number of hydrogen-bond donors (Lipinski definition) is 2. The summed E-state index contributed by atoms with van der Waals surface area (Å²) in [6.07, 6.45) is 1.49. The van der Waals surface area contributed by atoms with Gasteiger partial charge in [-0.3, -0.25) is 9.52 Å². The van der Waals surface area contributed by atoms with Gasteiger partial charge in [-0.15, -0.1) is 0 Å². The second-order valence-electron chi connectivity index (χ2n) is 4.10. The van der Waals surface area contributed by atoms with E-state index in [9.17, 15) is 13.2 Å². The smallest absolute Gasteiger partial charge is 0.229 e. The number of anilines is 1. The molecule has 6 heteroatoms. The molecule has 0 fully saturated rings. The fourth-order valence-electron chi connectivity index (χ4n) is 1.59. The van der Waals surface area contributed by atoms with Crippen LogP contribution in [0.25, 0.3) is 0 Å². The molecule has 0 aliphatic rings. The normalized spacial score (nSPS) is 12.8. The number of hydrogen-bond acceptors (Lipinski definition) is 3. The molecule has 0 heterocycles. The Hall–Kier alpha value is -1.56. The van der Waals surface area contributed by atoms with Crippen molar-refractivity contribution in [1.82, 2.24) is 5.32 Å². The van der Waals surface area contributed by atoms with Gasteiger partial charge in [-0.2, -0.15) is 0 Å². The van der Waals surface area contributed by atoms with Crippen LogP contribution in [0.5, 0.6) is 0 Å². The molecule has 0 spiro atoms. The fourth-order valence-corrected chi connectivity index (χ4v) is 2.17. The van der Waals surface area contributed by atoms with E-state index in [2.05, 4.69) is 10.0 Å². The molecule has 1 amide bonds. The number of carbonyl (C=O) groups is 1. The molecule has 0 aromatic heterocycles. The average molecular weight is 270 g/mol. The zero-order chi connectivity index (χ0) is 13.8. The lowest BCUT2D eigenvalue weighted by atomic mass is 10.1. The van der Waals surface area contributed by atoms with Gasteiger partial charge in [-0.25, -0.2) is 8.42 Å². The van der Waals surface area contributed by atoms with E-state index in [0.29, 0.717) is 12.1 Å². The molecule has 100 valence electrons. The Morgan fingerprint density at radius 1 is 1.33 bits per heavy atom. The van der Waals surface area contributed by atoms with Crippen molar-refractivity contribution >= 4 is 21.6 Å². The minimum atomic E-state index is -3.33. The van der Waals surface area contributed by atoms with Crippen molar-refractivity contribution in [3.05, 3.63) is 29.8 Å². The summed E-state index contributed by atoms with van der Waals surface area (Å²) in [5, 5.41) is 2.80. The first-order valence-corrected chi connectivity index (χ1v) is 7.58. The van der Waals surface area contributed by atoms with Crippen LogP contribution >= 0.6 is 0 Å². The van der Waals surface area contributed by atoms with Gasteiger partial charge in [-0.1, -0.05) is 25.1 Å². The number of rotatable bonds is 5. The van der Waals surface area contributed by atoms with Crippen LogP contribution in [0.3, 0.4) is 0 Å². The van der Waals surface area contributed by atoms with Gasteiger partial charge in [0.15, 0.2) is 0 Å². The molecule has 0 aliphatic carbocycles. The van der Waals surface area contributed by atoms with Gasteiger partial charge in [0, 0.05) is 6.42 Å². The highest BCUT2D eigenvalue weighted by molar-refractivity contribution is 7.92. The third-order valence-electron chi connectivity index (χ3n) is 2.42. The molecule has 1 aromatic carbocycles. The van der Waals surface area contributed by atoms with Crippen LogP contribution in [0, 0.1) is 0 Å². The van der Waals surface area contributed by atoms with E-state index in [1.54, 1.807) is 31.2 Å². The van der Waals surface area contributed by atoms with Gasteiger partial charge in [0.25, 0.3) is 0 Å². The molecule has 0 saturated carbocycles. The van der Waals surface area contributed by atoms with Crippen molar-refractivity contribution in [1.29, 1.82) is 0 Å². The van der Waals surface area contributed by atoms with Crippen LogP contribution in [0.4, 0.5) is 5.69 Å². The van der Waals surface area contributed by atoms with Crippen molar-refractivity contribution in [3.8, 4) is 0 Å². The lowest BCUT2D eigenvalue weighted by Crippen LogP contribution is -2.26. The number of nitrogens with one attached hydrogen (secondary N) is 2. The molecular weight excluding hydrogens is 252 g/mol. The van der Waals surface area contributed by atoms with Crippen LogP contribution in [0.1, 0.15) is 31.9 Å². The maximum atomic E-state index is 11.3. The second kappa shape index (κ2) is 5.86. The van der Waals surface area contributed by atoms with Crippen molar-refractivity contribution < 1.29 is 13.2 Å². The number of amides is 1. The molecule has 18 heavy (non-hydrogen) atoms. The summed E-state index contributed by atoms with van der Waals surface area (Å²) in [4.78, 5) is 11.3. The molecule has 1 unspecified atom stereocenters. The summed E-state index contributed by atoms with van der Waals surface area (Å²) < 4.78 is 25.0. The Kier molecular flexibility index (Phi) is 4.72. The van der Waals surface area contributed by atoms with E-state index in [-0.39, 0.29) is 11.9 Å². The Morgan fingerprint density at radius 3 is 2.50 bits per heavy atom. The fraction of sp³-hybridized carbons (Fsp3) is 0.417. The van der Waals surface area contributed by atoms with Crippen LogP contribution in [0.2, 0.25) is 0 Å². The maximum Gasteiger partial charge on any atom is 0.229 e. The number of sulfonamides is 1. The Balaban J connectivity index is 2.98. The molecule has 0 saturated heterocycles. The van der Waals surface area contributed by atoms with Gasteiger partial charge in [0.1, 0.15) is 0 Å². The lowest BCUT2D eigenvalue weighted by molar-refractivity contribution is -0.121. The lowest BCUT2D eigenvalue weighted by Gasteiger charge is -2.18. The van der Waals surface area contributed by atoms with E-state index in [0.717, 1.165) is 11.8 Å². The summed E-state index contributed by atoms with van der Waals surface area (Å²) in [5.41, 5.74) is 1.23. The number of benzene rings is 1. The van der Waals surface area contributed by atoms with E-state index < -0.39 is 10.0 Å². The van der Waals surface area contributed by atoms with Crippen molar-refractivity contribution in [3.63, 3.8) is 0 Å². The third-order valence-corrected chi connectivity index (χ3v) is 3.01. The first-order valence-electron chi connectivity index (χ1n) is 5.69. The first kappa shape index (κ1) is 14.5. The SMILES string of the molecule is CCC(=O)NC(C)c1ccccc1NS(C)(=O)=O. The summed E-state index contributed by atoms with van der Waals surface area (Å²) >= 11 is 0. The largest absolute Gasteiger partial charge is 0.350 e. The highest BCUT2D eigenvalue weighted by Gasteiger charge is 2.14. The van der Waals surface area contributed by atoms with Crippen molar-refractivity contribution in [2.24, 2.45) is 0 Å². The number of para-hydroxylation sites is 1. The molecule has 0 bridgehead atoms. The second-order valence-corrected chi connectivity index (χ2v) is 5.85. The van der Waals surface area contributed by atoms with Crippen LogP contribution in [-0.2, 0) is 14.8 Å². The predicted octanol–water partition coefficient (Wildman–Crippen LogP) is 1.65. The zero-order valence-electron chi connectivity index (χ0n) is 10.7. The van der Waals surface area contributed by atoms with Gasteiger partial charge in [0.05, 0.1) is 18.0 Å². The van der Waals surface area contributed by atoms with Gasteiger partial charge in [-0.05, 0) is 18.6 Å². The minimum Gasteiger partial charge on any atom is -0.350 e. The summed E-state index contributed by atoms with van der Waals surface area (Å²) in [5.74, 6) is -0.0725. The molecule has 5 nitrogen and oxygen atoms in total. The summed E-state index contributed by atoms with van der Waals surface area (Å²) in [6, 6.07) is 6.75. The van der Waals surface area contributed by atoms with E-state index in [1.165, 1.54) is 0 Å². The van der Waals surface area contributed by atoms with Crippen LogP contribution in [0.15, 0.2) is 24.3 Å². The van der Waals surface area contributed by atoms with E-state index >= 15 is 0 Å². The average Bonchev–Trinajstić information content (AvgIpc) is 2.27. The third kappa shape index (κ3) is 4.37. The standard InChI is InChI=1S/C12H18N2O3S/c1-4-12(15)13-9(2)10-7-5-6-8-11(10)14-18(3,16)17/h5-9,14H,4H2,1-3H3,(H,13,15). The topological polar surface area (TPSA) is 75.3 Å². The molecule has 2 N–H and O–H groups in total. The Bertz CT molecular complexity index is 526.